The fourth-order valence-electron chi connectivity index (χ4n) is 8.54. The minimum absolute atomic E-state index is 0.0531. The van der Waals surface area contributed by atoms with E-state index in [4.69, 9.17) is 5.73 Å². The predicted molar refractivity (Wildman–Crippen MR) is 157 cm³/mol. The average Bonchev–Trinajstić information content (AvgIpc) is 2.83. The van der Waals surface area contributed by atoms with Crippen LogP contribution < -0.4 is 10.5 Å². The molecular formula is C31H42N2O9S. The van der Waals surface area contributed by atoms with E-state index in [0.29, 0.717) is 5.56 Å². The van der Waals surface area contributed by atoms with E-state index >= 15 is 0 Å². The molecule has 12 heteroatoms. The lowest BCUT2D eigenvalue weighted by atomic mass is 9.39. The second-order valence-electron chi connectivity index (χ2n) is 13.7. The summed E-state index contributed by atoms with van der Waals surface area (Å²) >= 11 is 0. The maximum atomic E-state index is 14.4. The highest BCUT2D eigenvalue weighted by atomic mass is 32.2. The van der Waals surface area contributed by atoms with E-state index in [9.17, 15) is 43.2 Å². The zero-order valence-corrected chi connectivity index (χ0v) is 26.4. The predicted octanol–water partition coefficient (Wildman–Crippen LogP) is 0.597. The number of aromatic hydroxyl groups is 1. The van der Waals surface area contributed by atoms with Crippen LogP contribution in [0.5, 0.6) is 5.75 Å². The van der Waals surface area contributed by atoms with Crippen LogP contribution in [-0.2, 0) is 26.0 Å². The van der Waals surface area contributed by atoms with Gasteiger partial charge in [0.15, 0.2) is 17.2 Å². The van der Waals surface area contributed by atoms with Crippen LogP contribution in [0.2, 0.25) is 0 Å². The van der Waals surface area contributed by atoms with Crippen molar-refractivity contribution in [3.63, 3.8) is 0 Å². The molecule has 43 heavy (non-hydrogen) atoms. The molecule has 7 N–H and O–H groups in total. The molecule has 1 aromatic carbocycles. The number of phenolic OH excluding ortho intramolecular Hbond substituents is 1. The molecule has 2 unspecified atom stereocenters. The molecular weight excluding hydrogens is 576 g/mol. The molecule has 2 fully saturated rings. The number of rotatable bonds is 5. The summed E-state index contributed by atoms with van der Waals surface area (Å²) in [5.41, 5.74) is 1.79. The van der Waals surface area contributed by atoms with Crippen molar-refractivity contribution in [1.82, 2.24) is 4.72 Å². The van der Waals surface area contributed by atoms with Crippen molar-refractivity contribution in [3.8, 4) is 17.6 Å². The second-order valence-corrected chi connectivity index (χ2v) is 15.6. The lowest BCUT2D eigenvalue weighted by molar-refractivity contribution is -0.265. The number of primary amides is 1. The van der Waals surface area contributed by atoms with Crippen molar-refractivity contribution in [2.75, 3.05) is 12.8 Å². The zero-order valence-electron chi connectivity index (χ0n) is 25.6. The van der Waals surface area contributed by atoms with Crippen LogP contribution in [0.4, 0.5) is 0 Å². The third kappa shape index (κ3) is 4.90. The van der Waals surface area contributed by atoms with Crippen molar-refractivity contribution in [1.29, 1.82) is 0 Å². The number of hydrogen-bond acceptors (Lipinski definition) is 9. The summed E-state index contributed by atoms with van der Waals surface area (Å²) in [6.45, 7) is 10.6. The van der Waals surface area contributed by atoms with E-state index in [1.165, 1.54) is 0 Å². The summed E-state index contributed by atoms with van der Waals surface area (Å²) in [5, 5.41) is 46.8. The Balaban J connectivity index is 1.93. The number of carbonyl (C=O) groups excluding carboxylic acids is 3. The molecule has 1 aromatic rings. The SMILES string of the molecule is CC(C)c1cc(C#CCNS(C)(=O)=O)c(O)c2c1C[C@]1(C)C[C@]3(C)[C@@H](C(C)C)C(O)[C@@H](C(N)=O)C(=O)[C@]3(O)C(O)[C@H]1C2=O. The third-order valence-corrected chi connectivity index (χ3v) is 10.8. The summed E-state index contributed by atoms with van der Waals surface area (Å²) in [5.74, 6) is -2.42. The largest absolute Gasteiger partial charge is 0.506 e. The van der Waals surface area contributed by atoms with Gasteiger partial charge in [0.1, 0.15) is 17.8 Å². The fourth-order valence-corrected chi connectivity index (χ4v) is 8.88. The molecule has 3 aliphatic carbocycles. The van der Waals surface area contributed by atoms with Crippen molar-refractivity contribution in [3.05, 3.63) is 28.3 Å². The van der Waals surface area contributed by atoms with Crippen LogP contribution in [0.15, 0.2) is 6.07 Å². The van der Waals surface area contributed by atoms with Crippen LogP contribution in [0.25, 0.3) is 0 Å². The van der Waals surface area contributed by atoms with Gasteiger partial charge in [-0.3, -0.25) is 14.4 Å². The Morgan fingerprint density at radius 3 is 2.30 bits per heavy atom. The Hall–Kier alpha value is -2.82. The first-order valence-corrected chi connectivity index (χ1v) is 16.3. The molecule has 11 nitrogen and oxygen atoms in total. The normalized spacial score (nSPS) is 35.6. The smallest absolute Gasteiger partial charge is 0.230 e. The van der Waals surface area contributed by atoms with Crippen LogP contribution in [-0.4, -0.2) is 76.9 Å². The topological polar surface area (TPSA) is 204 Å². The molecule has 0 bridgehead atoms. The van der Waals surface area contributed by atoms with E-state index in [1.807, 2.05) is 13.8 Å². The third-order valence-electron chi connectivity index (χ3n) is 10.1. The maximum absolute atomic E-state index is 14.4. The molecule has 236 valence electrons. The number of hydrogen-bond donors (Lipinski definition) is 6. The Kier molecular flexibility index (Phi) is 8.20. The van der Waals surface area contributed by atoms with Crippen molar-refractivity contribution >= 4 is 27.5 Å². The first kappa shape index (κ1) is 33.1. The lowest BCUT2D eigenvalue weighted by Gasteiger charge is -2.66. The Labute approximate surface area is 252 Å². The van der Waals surface area contributed by atoms with Gasteiger partial charge >= 0.3 is 0 Å². The number of ketones is 2. The van der Waals surface area contributed by atoms with E-state index < -0.39 is 79.6 Å². The fraction of sp³-hybridized carbons (Fsp3) is 0.645. The van der Waals surface area contributed by atoms with Gasteiger partial charge in [-0.2, -0.15) is 0 Å². The zero-order chi connectivity index (χ0) is 32.6. The first-order valence-electron chi connectivity index (χ1n) is 14.4. The number of nitrogens with one attached hydrogen (secondary N) is 1. The summed E-state index contributed by atoms with van der Waals surface area (Å²) in [7, 11) is -3.50. The second kappa shape index (κ2) is 10.7. The quantitative estimate of drug-likeness (QED) is 0.202. The number of sulfonamides is 1. The van der Waals surface area contributed by atoms with Gasteiger partial charge in [-0.25, -0.2) is 13.1 Å². The van der Waals surface area contributed by atoms with Gasteiger partial charge in [0.2, 0.25) is 15.9 Å². The van der Waals surface area contributed by atoms with Gasteiger partial charge in [-0.15, -0.1) is 0 Å². The van der Waals surface area contributed by atoms with Gasteiger partial charge in [0.05, 0.1) is 35.9 Å². The molecule has 4 rings (SSSR count). The highest BCUT2D eigenvalue weighted by Gasteiger charge is 2.76. The number of Topliss-reactive ketones (excluding diaryl/α,β-unsaturated/α-hetero) is 2. The van der Waals surface area contributed by atoms with Gasteiger partial charge in [-0.05, 0) is 53.2 Å². The minimum atomic E-state index is -3.50. The van der Waals surface area contributed by atoms with Crippen LogP contribution in [0.1, 0.15) is 80.9 Å². The van der Waals surface area contributed by atoms with Gasteiger partial charge in [-0.1, -0.05) is 53.4 Å². The van der Waals surface area contributed by atoms with Crippen LogP contribution in [0.3, 0.4) is 0 Å². The van der Waals surface area contributed by atoms with Gasteiger partial charge < -0.3 is 26.2 Å². The van der Waals surface area contributed by atoms with Gasteiger partial charge in [0.25, 0.3) is 0 Å². The molecule has 3 aliphatic rings. The van der Waals surface area contributed by atoms with Crippen molar-refractivity contribution in [2.45, 2.75) is 78.1 Å². The molecule has 0 aliphatic heterocycles. The van der Waals surface area contributed by atoms with Crippen molar-refractivity contribution in [2.24, 2.45) is 40.2 Å². The van der Waals surface area contributed by atoms with E-state index in [1.54, 1.807) is 33.8 Å². The van der Waals surface area contributed by atoms with E-state index in [-0.39, 0.29) is 42.3 Å². The molecule has 0 spiro atoms. The maximum Gasteiger partial charge on any atom is 0.230 e. The first-order chi connectivity index (χ1) is 19.6. The summed E-state index contributed by atoms with van der Waals surface area (Å²) in [6.07, 6.45) is -2.23. The number of benzene rings is 1. The molecule has 0 saturated heterocycles. The molecule has 1 amide bonds. The van der Waals surface area contributed by atoms with Gasteiger partial charge in [0, 0.05) is 5.41 Å². The van der Waals surface area contributed by atoms with Crippen molar-refractivity contribution < 1.29 is 43.2 Å². The molecule has 0 heterocycles. The van der Waals surface area contributed by atoms with E-state index in [2.05, 4.69) is 16.6 Å². The molecule has 2 saturated carbocycles. The van der Waals surface area contributed by atoms with E-state index in [0.717, 1.165) is 11.8 Å². The summed E-state index contributed by atoms with van der Waals surface area (Å²) in [4.78, 5) is 40.6. The molecule has 0 aromatic heterocycles. The number of amides is 1. The Morgan fingerprint density at radius 1 is 1.19 bits per heavy atom. The van der Waals surface area contributed by atoms with Crippen LogP contribution >= 0.6 is 0 Å². The summed E-state index contributed by atoms with van der Waals surface area (Å²) in [6, 6.07) is 1.67. The minimum Gasteiger partial charge on any atom is -0.506 e. The number of aliphatic hydroxyl groups is 3. The number of phenols is 1. The monoisotopic (exact) mass is 618 g/mol. The Morgan fingerprint density at radius 2 is 1.79 bits per heavy atom. The molecule has 0 radical (unpaired) electrons. The Bertz CT molecular complexity index is 1560. The average molecular weight is 619 g/mol. The lowest BCUT2D eigenvalue weighted by Crippen LogP contribution is -2.79. The number of aliphatic hydroxyl groups excluding tert-OH is 2. The number of carbonyl (C=O) groups is 3. The highest BCUT2D eigenvalue weighted by Crippen LogP contribution is 2.66. The highest BCUT2D eigenvalue weighted by molar-refractivity contribution is 7.88. The number of nitrogens with two attached hydrogens (primary N) is 1. The van der Waals surface area contributed by atoms with Crippen LogP contribution in [0, 0.1) is 46.3 Å². The standard InChI is InChI=1S/C31H42N2O9S/c1-14(2)17-11-16(9-8-10-33-43(7,41)42)23(34)19-18(17)12-29(5)13-30(6)21(15(3)4)25(36)20(28(32)39)26(37)31(30,40)27(38)22(29)24(19)35/h11,14-15,20-22,25,27,33-34,36,38,40H,10,12-13H2,1-7H3,(H2,32,39)/t20-,21+,22-,25?,27?,29-,30-,31+/m1/s1. The molecule has 8 atom stereocenters. The number of fused-ring (bicyclic) bond motifs is 3. The summed E-state index contributed by atoms with van der Waals surface area (Å²) < 4.78 is 25.1.